The quantitative estimate of drug-likeness (QED) is 0.142. The molecule has 1 aromatic heterocycles. The third-order valence-corrected chi connectivity index (χ3v) is 9.15. The molecule has 2 aliphatic rings. The van der Waals surface area contributed by atoms with Gasteiger partial charge in [-0.1, -0.05) is 121 Å². The molecule has 1 heterocycles. The van der Waals surface area contributed by atoms with Gasteiger partial charge in [-0.3, -0.25) is 4.79 Å². The Labute approximate surface area is 253 Å². The number of unbranched alkanes of at least 4 members (excludes halogenated alkanes) is 1. The van der Waals surface area contributed by atoms with Crippen LogP contribution in [0.4, 0.5) is 13.2 Å². The number of allylic oxidation sites excluding steroid dienone is 4. The Morgan fingerprint density at radius 3 is 2.26 bits per heavy atom. The van der Waals surface area contributed by atoms with Crippen molar-refractivity contribution in [1.82, 2.24) is 15.3 Å². The fraction of sp³-hybridized carbons (Fsp3) is 0.257. The molecule has 0 radical (unpaired) electrons. The monoisotopic (exact) mass is 599 g/mol. The minimum Gasteiger partial charge on any atom is -0.346 e. The number of amides is 1. The van der Waals surface area contributed by atoms with Crippen LogP contribution in [0.25, 0.3) is 22.4 Å². The molecule has 1 unspecified atom stereocenters. The summed E-state index contributed by atoms with van der Waals surface area (Å²) in [6, 6.07) is 25.3. The number of nitrogens with one attached hydrogen (secondary N) is 2. The molecular weight excluding hydrogens is 567 g/mol. The first-order valence-electron chi connectivity index (χ1n) is 14.5. The molecule has 0 aliphatic heterocycles. The van der Waals surface area contributed by atoms with Crippen LogP contribution in [-0.2, 0) is 10.2 Å². The van der Waals surface area contributed by atoms with Crippen LogP contribution in [0, 0.1) is 0 Å². The number of benzene rings is 3. The van der Waals surface area contributed by atoms with Crippen LogP contribution in [0.3, 0.4) is 0 Å². The molecule has 3 aromatic carbocycles. The number of aromatic nitrogens is 2. The number of aromatic amines is 1. The molecule has 0 saturated heterocycles. The zero-order chi connectivity index (χ0) is 29.9. The van der Waals surface area contributed by atoms with Gasteiger partial charge in [0.1, 0.15) is 12.0 Å². The van der Waals surface area contributed by atoms with E-state index in [1.807, 2.05) is 66.7 Å². The highest BCUT2D eigenvalue weighted by Gasteiger charge is 2.49. The normalized spacial score (nSPS) is 16.6. The van der Waals surface area contributed by atoms with Gasteiger partial charge in [0.2, 0.25) is 5.91 Å². The number of hydrogen-bond donors (Lipinski definition) is 2. The number of hydrogen-bond acceptors (Lipinski definition) is 3. The summed E-state index contributed by atoms with van der Waals surface area (Å²) in [5, 5.41) is 3.05. The van der Waals surface area contributed by atoms with Crippen LogP contribution in [0.2, 0.25) is 0 Å². The zero-order valence-electron chi connectivity index (χ0n) is 23.5. The van der Waals surface area contributed by atoms with Gasteiger partial charge in [0.05, 0.1) is 11.4 Å². The summed E-state index contributed by atoms with van der Waals surface area (Å²) in [6.07, 6.45) is 6.72. The van der Waals surface area contributed by atoms with Crippen LogP contribution in [0.1, 0.15) is 48.4 Å². The molecule has 43 heavy (non-hydrogen) atoms. The third kappa shape index (κ3) is 5.93. The fourth-order valence-electron chi connectivity index (χ4n) is 6.26. The Hall–Kier alpha value is -4.04. The van der Waals surface area contributed by atoms with Gasteiger partial charge >= 0.3 is 6.18 Å². The molecule has 0 saturated carbocycles. The minimum atomic E-state index is -4.49. The maximum atomic E-state index is 13.7. The first-order valence-corrected chi connectivity index (χ1v) is 15.5. The van der Waals surface area contributed by atoms with Crippen LogP contribution in [-0.4, -0.2) is 34.3 Å². The van der Waals surface area contributed by atoms with Crippen molar-refractivity contribution in [1.29, 1.82) is 0 Å². The van der Waals surface area contributed by atoms with Crippen LogP contribution >= 0.6 is 11.8 Å². The van der Waals surface area contributed by atoms with E-state index in [0.29, 0.717) is 12.8 Å². The lowest BCUT2D eigenvalue weighted by Crippen LogP contribution is -2.47. The van der Waals surface area contributed by atoms with Crippen LogP contribution < -0.4 is 5.32 Å². The molecule has 0 spiro atoms. The van der Waals surface area contributed by atoms with Gasteiger partial charge in [0.25, 0.3) is 0 Å². The minimum absolute atomic E-state index is 0.222. The zero-order valence-corrected chi connectivity index (χ0v) is 24.3. The number of carbonyl (C=O) groups excluding carboxylic acids is 1. The van der Waals surface area contributed by atoms with Crippen molar-refractivity contribution < 1.29 is 18.0 Å². The van der Waals surface area contributed by atoms with E-state index in [9.17, 15) is 18.0 Å². The fourth-order valence-corrected chi connectivity index (χ4v) is 7.14. The molecular formula is C35H32F3N3OS. The number of nitrogens with zero attached hydrogens (tertiary/aromatic N) is 1. The lowest BCUT2D eigenvalue weighted by Gasteiger charge is -2.31. The first-order chi connectivity index (χ1) is 20.9. The average molecular weight is 600 g/mol. The van der Waals surface area contributed by atoms with Crippen LogP contribution in [0.15, 0.2) is 108 Å². The standard InChI is InChI=1S/C35H32F3N3OS/c36-35(37,38)23-39-32(42)34(28-19-9-7-17-26(28)27-18-8-10-20-29(27)34)21-11-12-22-43-33-40-30(24-13-3-1-4-14-24)31(41-33)25-15-5-2-6-16-25/h1-10,13-15,17-20,25H,11-12,16,21-23H2,(H,39,42)(H,40,41). The summed E-state index contributed by atoms with van der Waals surface area (Å²) in [6.45, 7) is -1.36. The molecule has 8 heteroatoms. The Balaban J connectivity index is 1.20. The maximum absolute atomic E-state index is 13.7. The van der Waals surface area contributed by atoms with E-state index in [0.717, 1.165) is 63.0 Å². The topological polar surface area (TPSA) is 57.8 Å². The van der Waals surface area contributed by atoms with Gasteiger partial charge in [0, 0.05) is 17.2 Å². The Bertz CT molecular complexity index is 1610. The third-order valence-electron chi connectivity index (χ3n) is 8.19. The van der Waals surface area contributed by atoms with Crippen LogP contribution in [0.5, 0.6) is 0 Å². The first kappa shape index (κ1) is 29.1. The van der Waals surface area contributed by atoms with E-state index in [-0.39, 0.29) is 5.92 Å². The smallest absolute Gasteiger partial charge is 0.346 e. The summed E-state index contributed by atoms with van der Waals surface area (Å²) in [5.41, 5.74) is 5.26. The second-order valence-corrected chi connectivity index (χ2v) is 12.0. The summed E-state index contributed by atoms with van der Waals surface area (Å²) in [5.74, 6) is 0.373. The van der Waals surface area contributed by atoms with Gasteiger partial charge in [0.15, 0.2) is 5.16 Å². The highest BCUT2D eigenvalue weighted by Crippen LogP contribution is 2.51. The van der Waals surface area contributed by atoms with Gasteiger partial charge in [-0.05, 0) is 41.5 Å². The number of alkyl halides is 3. The Kier molecular flexibility index (Phi) is 8.30. The second kappa shape index (κ2) is 12.3. The predicted octanol–water partition coefficient (Wildman–Crippen LogP) is 8.58. The van der Waals surface area contributed by atoms with Crippen molar-refractivity contribution in [2.24, 2.45) is 0 Å². The molecule has 4 aromatic rings. The summed E-state index contributed by atoms with van der Waals surface area (Å²) >= 11 is 1.63. The Morgan fingerprint density at radius 2 is 1.60 bits per heavy atom. The molecule has 0 bridgehead atoms. The lowest BCUT2D eigenvalue weighted by atomic mass is 9.73. The number of carbonyl (C=O) groups is 1. The Morgan fingerprint density at radius 1 is 0.930 bits per heavy atom. The van der Waals surface area contributed by atoms with Gasteiger partial charge < -0.3 is 10.3 Å². The van der Waals surface area contributed by atoms with Gasteiger partial charge in [-0.2, -0.15) is 13.2 Å². The lowest BCUT2D eigenvalue weighted by molar-refractivity contribution is -0.141. The van der Waals surface area contributed by atoms with Gasteiger partial charge in [-0.25, -0.2) is 4.98 Å². The molecule has 6 rings (SSSR count). The second-order valence-electron chi connectivity index (χ2n) is 10.9. The van der Waals surface area contributed by atoms with Crippen molar-refractivity contribution in [2.45, 2.75) is 48.3 Å². The SMILES string of the molecule is O=C(NCC(F)(F)F)C1(CCCCSc2nc(-c3ccccc3)c(C3C=CC=CC3)[nH]2)c2ccccc2-c2ccccc21. The van der Waals surface area contributed by atoms with E-state index in [1.54, 1.807) is 11.8 Å². The predicted molar refractivity (Wildman–Crippen MR) is 166 cm³/mol. The molecule has 0 fully saturated rings. The van der Waals surface area contributed by atoms with E-state index in [4.69, 9.17) is 4.98 Å². The largest absolute Gasteiger partial charge is 0.405 e. The summed E-state index contributed by atoms with van der Waals surface area (Å²) < 4.78 is 39.5. The van der Waals surface area contributed by atoms with E-state index in [2.05, 4.69) is 46.7 Å². The number of thioether (sulfide) groups is 1. The van der Waals surface area contributed by atoms with Crippen molar-refractivity contribution in [2.75, 3.05) is 12.3 Å². The molecule has 1 atom stereocenters. The van der Waals surface area contributed by atoms with Crippen molar-refractivity contribution in [3.63, 3.8) is 0 Å². The van der Waals surface area contributed by atoms with Gasteiger partial charge in [-0.15, -0.1) is 0 Å². The highest BCUT2D eigenvalue weighted by atomic mass is 32.2. The molecule has 1 amide bonds. The molecule has 4 nitrogen and oxygen atoms in total. The van der Waals surface area contributed by atoms with E-state index < -0.39 is 24.0 Å². The number of fused-ring (bicyclic) bond motifs is 3. The maximum Gasteiger partial charge on any atom is 0.405 e. The number of rotatable bonds is 10. The highest BCUT2D eigenvalue weighted by molar-refractivity contribution is 7.99. The number of imidazole rings is 1. The summed E-state index contributed by atoms with van der Waals surface area (Å²) in [4.78, 5) is 22.2. The summed E-state index contributed by atoms with van der Waals surface area (Å²) in [7, 11) is 0. The van der Waals surface area contributed by atoms with Crippen molar-refractivity contribution >= 4 is 17.7 Å². The molecule has 220 valence electrons. The number of H-pyrrole nitrogens is 1. The van der Waals surface area contributed by atoms with E-state index in [1.165, 1.54) is 0 Å². The van der Waals surface area contributed by atoms with E-state index >= 15 is 0 Å². The van der Waals surface area contributed by atoms with Crippen molar-refractivity contribution in [3.8, 4) is 22.4 Å². The molecule has 2 N–H and O–H groups in total. The molecule has 2 aliphatic carbocycles. The number of halogens is 3. The van der Waals surface area contributed by atoms with Crippen molar-refractivity contribution in [3.05, 3.63) is 120 Å². The average Bonchev–Trinajstić information content (AvgIpc) is 3.59.